The molecular weight excluding hydrogens is 400 g/mol. The van der Waals surface area contributed by atoms with Crippen LogP contribution in [0.5, 0.6) is 0 Å². The molecule has 0 aliphatic carbocycles. The van der Waals surface area contributed by atoms with Gasteiger partial charge < -0.3 is 21.3 Å². The molecule has 4 heterocycles. The Morgan fingerprint density at radius 1 is 0.562 bits per heavy atom. The third kappa shape index (κ3) is 7.58. The monoisotopic (exact) mass is 438 g/mol. The third-order valence-corrected chi connectivity index (χ3v) is 6.10. The topological polar surface area (TPSA) is 80.4 Å². The molecule has 0 saturated carbocycles. The average molecular weight is 439 g/mol. The SMILES string of the molecule is c1cc(CN2CCNCCNCC2)cc(-c2cc(CN3CCNCCNCC3)ccn2)n1. The summed E-state index contributed by atoms with van der Waals surface area (Å²) < 4.78 is 0. The Morgan fingerprint density at radius 2 is 0.938 bits per heavy atom. The Hall–Kier alpha value is -1.94. The first kappa shape index (κ1) is 23.2. The molecule has 4 N–H and O–H groups in total. The van der Waals surface area contributed by atoms with Crippen molar-refractivity contribution in [2.45, 2.75) is 13.1 Å². The summed E-state index contributed by atoms with van der Waals surface area (Å²) in [4.78, 5) is 14.3. The van der Waals surface area contributed by atoms with E-state index in [4.69, 9.17) is 0 Å². The fourth-order valence-electron chi connectivity index (χ4n) is 4.28. The van der Waals surface area contributed by atoms with E-state index in [1.807, 2.05) is 12.4 Å². The predicted octanol–water partition coefficient (Wildman–Crippen LogP) is 0.133. The minimum Gasteiger partial charge on any atom is -0.314 e. The first-order valence-electron chi connectivity index (χ1n) is 12.0. The van der Waals surface area contributed by atoms with E-state index in [9.17, 15) is 0 Å². The van der Waals surface area contributed by atoms with Crippen LogP contribution in [0, 0.1) is 0 Å². The van der Waals surface area contributed by atoms with Crippen molar-refractivity contribution in [1.82, 2.24) is 41.0 Å². The van der Waals surface area contributed by atoms with Crippen molar-refractivity contribution < 1.29 is 0 Å². The van der Waals surface area contributed by atoms with Crippen LogP contribution in [0.4, 0.5) is 0 Å². The molecule has 174 valence electrons. The molecule has 0 aromatic carbocycles. The zero-order chi connectivity index (χ0) is 21.8. The van der Waals surface area contributed by atoms with Crippen molar-refractivity contribution in [3.63, 3.8) is 0 Å². The quantitative estimate of drug-likeness (QED) is 0.525. The molecule has 0 amide bonds. The van der Waals surface area contributed by atoms with Crippen LogP contribution in [0.3, 0.4) is 0 Å². The minimum absolute atomic E-state index is 0.937. The maximum absolute atomic E-state index is 4.64. The molecule has 2 aliphatic heterocycles. The van der Waals surface area contributed by atoms with E-state index >= 15 is 0 Å². The first-order valence-corrected chi connectivity index (χ1v) is 12.0. The second kappa shape index (κ2) is 12.9. The lowest BCUT2D eigenvalue weighted by atomic mass is 10.1. The van der Waals surface area contributed by atoms with Crippen molar-refractivity contribution in [3.8, 4) is 11.4 Å². The third-order valence-electron chi connectivity index (χ3n) is 6.10. The van der Waals surface area contributed by atoms with Gasteiger partial charge >= 0.3 is 0 Å². The van der Waals surface area contributed by atoms with Crippen LogP contribution in [-0.4, -0.2) is 98.3 Å². The van der Waals surface area contributed by atoms with Crippen molar-refractivity contribution in [2.24, 2.45) is 0 Å². The van der Waals surface area contributed by atoms with Crippen LogP contribution in [-0.2, 0) is 13.1 Å². The minimum atomic E-state index is 0.937. The summed E-state index contributed by atoms with van der Waals surface area (Å²) in [5, 5.41) is 14.0. The van der Waals surface area contributed by atoms with Crippen LogP contribution < -0.4 is 21.3 Å². The van der Waals surface area contributed by atoms with Gasteiger partial charge in [0.25, 0.3) is 0 Å². The van der Waals surface area contributed by atoms with Gasteiger partial charge in [0, 0.05) is 104 Å². The van der Waals surface area contributed by atoms with Gasteiger partial charge in [-0.15, -0.1) is 0 Å². The Balaban J connectivity index is 1.41. The van der Waals surface area contributed by atoms with E-state index in [-0.39, 0.29) is 0 Å². The van der Waals surface area contributed by atoms with Gasteiger partial charge in [0.2, 0.25) is 0 Å². The summed E-state index contributed by atoms with van der Waals surface area (Å²) in [5.74, 6) is 0. The van der Waals surface area contributed by atoms with E-state index in [2.05, 4.69) is 65.3 Å². The highest BCUT2D eigenvalue weighted by Crippen LogP contribution is 2.18. The van der Waals surface area contributed by atoms with Crippen LogP contribution >= 0.6 is 0 Å². The Morgan fingerprint density at radius 3 is 1.31 bits per heavy atom. The van der Waals surface area contributed by atoms with Crippen molar-refractivity contribution in [1.29, 1.82) is 0 Å². The molecule has 8 heteroatoms. The summed E-state index contributed by atoms with van der Waals surface area (Å²) in [6.07, 6.45) is 3.84. The second-order valence-electron chi connectivity index (χ2n) is 8.65. The van der Waals surface area contributed by atoms with E-state index < -0.39 is 0 Å². The summed E-state index contributed by atoms with van der Waals surface area (Å²) in [7, 11) is 0. The van der Waals surface area contributed by atoms with Gasteiger partial charge in [-0.3, -0.25) is 19.8 Å². The van der Waals surface area contributed by atoms with Gasteiger partial charge in [0.05, 0.1) is 11.4 Å². The molecule has 4 rings (SSSR count). The number of nitrogens with zero attached hydrogens (tertiary/aromatic N) is 4. The lowest BCUT2D eigenvalue weighted by Gasteiger charge is -2.22. The number of rotatable bonds is 5. The first-order chi connectivity index (χ1) is 15.9. The number of hydrogen-bond donors (Lipinski definition) is 4. The van der Waals surface area contributed by atoms with Gasteiger partial charge in [-0.1, -0.05) is 0 Å². The van der Waals surface area contributed by atoms with Crippen molar-refractivity contribution in [3.05, 3.63) is 47.8 Å². The summed E-state index contributed by atoms with van der Waals surface area (Å²) in [6.45, 7) is 14.4. The van der Waals surface area contributed by atoms with Crippen LogP contribution in [0.2, 0.25) is 0 Å². The largest absolute Gasteiger partial charge is 0.314 e. The molecule has 8 nitrogen and oxygen atoms in total. The van der Waals surface area contributed by atoms with Gasteiger partial charge in [-0.25, -0.2) is 0 Å². The molecule has 2 saturated heterocycles. The Kier molecular flexibility index (Phi) is 9.39. The lowest BCUT2D eigenvalue weighted by molar-refractivity contribution is 0.272. The molecule has 2 aromatic heterocycles. The Labute approximate surface area is 192 Å². The summed E-state index contributed by atoms with van der Waals surface area (Å²) >= 11 is 0. The van der Waals surface area contributed by atoms with Gasteiger partial charge in [0.1, 0.15) is 0 Å². The molecule has 0 spiro atoms. The van der Waals surface area contributed by atoms with Crippen molar-refractivity contribution in [2.75, 3.05) is 78.5 Å². The molecule has 0 radical (unpaired) electrons. The molecular formula is C24H38N8. The second-order valence-corrected chi connectivity index (χ2v) is 8.65. The number of hydrogen-bond acceptors (Lipinski definition) is 8. The number of pyridine rings is 2. The summed E-state index contributed by atoms with van der Waals surface area (Å²) in [5.41, 5.74) is 4.49. The molecule has 0 bridgehead atoms. The highest BCUT2D eigenvalue weighted by atomic mass is 15.2. The molecule has 0 unspecified atom stereocenters. The summed E-state index contributed by atoms with van der Waals surface area (Å²) in [6, 6.07) is 8.66. The number of nitrogens with one attached hydrogen (secondary N) is 4. The Bertz CT molecular complexity index is 727. The predicted molar refractivity (Wildman–Crippen MR) is 130 cm³/mol. The van der Waals surface area contributed by atoms with Gasteiger partial charge in [0.15, 0.2) is 0 Å². The molecule has 2 fully saturated rings. The maximum Gasteiger partial charge on any atom is 0.0889 e. The lowest BCUT2D eigenvalue weighted by Crippen LogP contribution is -2.33. The fourth-order valence-corrected chi connectivity index (χ4v) is 4.28. The average Bonchev–Trinajstić information content (AvgIpc) is 3.03. The fraction of sp³-hybridized carbons (Fsp3) is 0.583. The number of aromatic nitrogens is 2. The molecule has 0 atom stereocenters. The van der Waals surface area contributed by atoms with E-state index in [1.54, 1.807) is 0 Å². The van der Waals surface area contributed by atoms with Crippen molar-refractivity contribution >= 4 is 0 Å². The van der Waals surface area contributed by atoms with Gasteiger partial charge in [-0.05, 0) is 35.4 Å². The highest BCUT2D eigenvalue weighted by Gasteiger charge is 2.11. The van der Waals surface area contributed by atoms with Crippen LogP contribution in [0.25, 0.3) is 11.4 Å². The van der Waals surface area contributed by atoms with Crippen LogP contribution in [0.1, 0.15) is 11.1 Å². The normalized spacial score (nSPS) is 20.4. The maximum atomic E-state index is 4.64. The molecule has 2 aliphatic rings. The van der Waals surface area contributed by atoms with E-state index in [0.29, 0.717) is 0 Å². The van der Waals surface area contributed by atoms with Gasteiger partial charge in [-0.2, -0.15) is 0 Å². The molecule has 32 heavy (non-hydrogen) atoms. The smallest absolute Gasteiger partial charge is 0.0889 e. The molecule has 2 aromatic rings. The zero-order valence-corrected chi connectivity index (χ0v) is 19.2. The van der Waals surface area contributed by atoms with E-state index in [0.717, 1.165) is 103 Å². The van der Waals surface area contributed by atoms with Crippen LogP contribution in [0.15, 0.2) is 36.7 Å². The standard InChI is InChI=1S/C24H38N8/c1-3-29-23(17-21(1)19-31-13-9-25-5-6-26-10-14-31)24-18-22(2-4-30-24)20-32-15-11-27-7-8-28-12-16-32/h1-4,17-18,25-28H,5-16,19-20H2. The van der Waals surface area contributed by atoms with E-state index in [1.165, 1.54) is 11.1 Å². The zero-order valence-electron chi connectivity index (χ0n) is 19.2. The highest BCUT2D eigenvalue weighted by molar-refractivity contribution is 5.55.